The molecule has 136 valence electrons. The van der Waals surface area contributed by atoms with Crippen molar-refractivity contribution in [3.8, 4) is 0 Å². The number of fused-ring (bicyclic) bond motifs is 2. The largest absolute Gasteiger partial charge is 0.313 e. The zero-order valence-corrected chi connectivity index (χ0v) is 16.7. The van der Waals surface area contributed by atoms with Gasteiger partial charge in [0.15, 0.2) is 0 Å². The molecule has 0 amide bonds. The van der Waals surface area contributed by atoms with Gasteiger partial charge in [0.2, 0.25) is 0 Å². The number of rotatable bonds is 5. The average Bonchev–Trinajstić information content (AvgIpc) is 2.46. The molecule has 0 aromatic rings. The molecule has 4 rings (SSSR count). The summed E-state index contributed by atoms with van der Waals surface area (Å²) in [5, 5.41) is 7.69. The van der Waals surface area contributed by atoms with E-state index in [0.717, 1.165) is 42.9 Å². The van der Waals surface area contributed by atoms with E-state index in [-0.39, 0.29) is 13.5 Å². The van der Waals surface area contributed by atoms with Gasteiger partial charge >= 0.3 is 0 Å². The molecule has 4 aliphatic rings. The lowest BCUT2D eigenvalue weighted by atomic mass is 9.45. The highest BCUT2D eigenvalue weighted by Crippen LogP contribution is 2.61. The molecule has 4 aliphatic carbocycles. The predicted molar refractivity (Wildman–Crippen MR) is 105 cm³/mol. The van der Waals surface area contributed by atoms with Crippen molar-refractivity contribution in [2.75, 3.05) is 13.1 Å². The monoisotopic (exact) mass is 340 g/mol. The highest BCUT2D eigenvalue weighted by atomic mass is 32.1. The smallest absolute Gasteiger partial charge is 0.00989 e. The fourth-order valence-corrected chi connectivity index (χ4v) is 5.61. The summed E-state index contributed by atoms with van der Waals surface area (Å²) in [7, 11) is 0. The van der Waals surface area contributed by atoms with Crippen LogP contribution in [0.25, 0.3) is 0 Å². The second-order valence-electron chi connectivity index (χ2n) is 9.01. The molecule has 2 bridgehead atoms. The van der Waals surface area contributed by atoms with Gasteiger partial charge in [0.25, 0.3) is 0 Å². The highest BCUT2D eigenvalue weighted by molar-refractivity contribution is 7.59. The van der Waals surface area contributed by atoms with Gasteiger partial charge in [-0.1, -0.05) is 52.9 Å². The minimum absolute atomic E-state index is 0. The standard InChI is InChI=1S/C20H38N2.H2S/c1-15-18-13-16(20(18,2)3)14-19(15)22-12-11-21-17-9-7-5-4-6-8-10-17;/h15-19,21-22H,4-14H2,1-3H3;1H2/t15-,16+,18-,19-;/m1./s1. The van der Waals surface area contributed by atoms with E-state index in [1.807, 2.05) is 0 Å². The van der Waals surface area contributed by atoms with Gasteiger partial charge in [0.05, 0.1) is 0 Å². The maximum absolute atomic E-state index is 3.88. The fraction of sp³-hybridized carbons (Fsp3) is 1.00. The lowest BCUT2D eigenvalue weighted by molar-refractivity contribution is -0.114. The number of hydrogen-bond donors (Lipinski definition) is 2. The van der Waals surface area contributed by atoms with Crippen LogP contribution in [0.5, 0.6) is 0 Å². The Bertz CT molecular complexity index is 350. The molecule has 0 aliphatic heterocycles. The first kappa shape index (κ1) is 19.6. The molecular formula is C20H40N2S. The minimum atomic E-state index is 0. The molecule has 0 aromatic carbocycles. The summed E-state index contributed by atoms with van der Waals surface area (Å²) in [5.41, 5.74) is 0.620. The van der Waals surface area contributed by atoms with Crippen LogP contribution in [0.3, 0.4) is 0 Å². The minimum Gasteiger partial charge on any atom is -0.313 e. The molecule has 4 saturated carbocycles. The van der Waals surface area contributed by atoms with Crippen molar-refractivity contribution in [1.82, 2.24) is 10.6 Å². The SMILES string of the molecule is C[C@@H]1[C@H]2C[C@@H](C[C@H]1NCCNC1CCCCCCC1)C2(C)C.S. The van der Waals surface area contributed by atoms with E-state index < -0.39 is 0 Å². The summed E-state index contributed by atoms with van der Waals surface area (Å²) in [5.74, 6) is 2.80. The summed E-state index contributed by atoms with van der Waals surface area (Å²) in [6.45, 7) is 9.79. The summed E-state index contributed by atoms with van der Waals surface area (Å²) in [6, 6.07) is 1.56. The van der Waals surface area contributed by atoms with Gasteiger partial charge in [0.1, 0.15) is 0 Å². The van der Waals surface area contributed by atoms with Crippen molar-refractivity contribution in [1.29, 1.82) is 0 Å². The first-order chi connectivity index (χ1) is 10.6. The van der Waals surface area contributed by atoms with E-state index in [2.05, 4.69) is 31.4 Å². The van der Waals surface area contributed by atoms with Crippen LogP contribution in [0.4, 0.5) is 0 Å². The fourth-order valence-electron chi connectivity index (χ4n) is 5.61. The van der Waals surface area contributed by atoms with Crippen LogP contribution in [0.1, 0.15) is 78.6 Å². The molecule has 0 saturated heterocycles. The molecule has 0 heterocycles. The van der Waals surface area contributed by atoms with Crippen LogP contribution in [-0.2, 0) is 0 Å². The van der Waals surface area contributed by atoms with Crippen LogP contribution in [0.15, 0.2) is 0 Å². The Morgan fingerprint density at radius 2 is 1.48 bits per heavy atom. The summed E-state index contributed by atoms with van der Waals surface area (Å²) in [4.78, 5) is 0. The van der Waals surface area contributed by atoms with E-state index in [9.17, 15) is 0 Å². The Kier molecular flexibility index (Phi) is 7.31. The van der Waals surface area contributed by atoms with Gasteiger partial charge in [-0.2, -0.15) is 13.5 Å². The molecule has 0 radical (unpaired) electrons. The third-order valence-corrected chi connectivity index (χ3v) is 7.42. The topological polar surface area (TPSA) is 24.1 Å². The van der Waals surface area contributed by atoms with E-state index in [4.69, 9.17) is 0 Å². The number of nitrogens with one attached hydrogen (secondary N) is 2. The lowest BCUT2D eigenvalue weighted by Crippen LogP contribution is -2.60. The van der Waals surface area contributed by atoms with Gasteiger partial charge in [0, 0.05) is 25.2 Å². The van der Waals surface area contributed by atoms with Crippen LogP contribution in [0.2, 0.25) is 0 Å². The molecule has 4 fully saturated rings. The Labute approximate surface area is 151 Å². The van der Waals surface area contributed by atoms with Crippen molar-refractivity contribution in [3.05, 3.63) is 0 Å². The molecule has 0 aromatic heterocycles. The van der Waals surface area contributed by atoms with Gasteiger partial charge in [-0.05, 0) is 48.9 Å². The van der Waals surface area contributed by atoms with Crippen LogP contribution >= 0.6 is 13.5 Å². The van der Waals surface area contributed by atoms with E-state index >= 15 is 0 Å². The number of hydrogen-bond acceptors (Lipinski definition) is 2. The summed E-state index contributed by atoms with van der Waals surface area (Å²) < 4.78 is 0. The van der Waals surface area contributed by atoms with Crippen LogP contribution in [-0.4, -0.2) is 25.2 Å². The average molecular weight is 341 g/mol. The van der Waals surface area contributed by atoms with Crippen molar-refractivity contribution < 1.29 is 0 Å². The second kappa shape index (κ2) is 8.58. The third-order valence-electron chi connectivity index (χ3n) is 7.42. The quantitative estimate of drug-likeness (QED) is 0.722. The lowest BCUT2D eigenvalue weighted by Gasteiger charge is -2.62. The normalized spacial score (nSPS) is 37.2. The van der Waals surface area contributed by atoms with Gasteiger partial charge in [-0.3, -0.25) is 0 Å². The molecule has 2 nitrogen and oxygen atoms in total. The van der Waals surface area contributed by atoms with E-state index in [1.54, 1.807) is 0 Å². The maximum Gasteiger partial charge on any atom is 0.00989 e. The van der Waals surface area contributed by atoms with Crippen molar-refractivity contribution in [2.24, 2.45) is 23.2 Å². The molecule has 2 N–H and O–H groups in total. The summed E-state index contributed by atoms with van der Waals surface area (Å²) in [6.07, 6.45) is 12.9. The predicted octanol–water partition coefficient (Wildman–Crippen LogP) is 4.46. The van der Waals surface area contributed by atoms with Gasteiger partial charge < -0.3 is 10.6 Å². The molecular weight excluding hydrogens is 300 g/mol. The highest BCUT2D eigenvalue weighted by Gasteiger charge is 2.55. The van der Waals surface area contributed by atoms with Gasteiger partial charge in [-0.25, -0.2) is 0 Å². The molecule has 3 heteroatoms. The first-order valence-corrected chi connectivity index (χ1v) is 10.1. The van der Waals surface area contributed by atoms with Crippen LogP contribution in [0, 0.1) is 23.2 Å². The Morgan fingerprint density at radius 1 is 0.870 bits per heavy atom. The molecule has 23 heavy (non-hydrogen) atoms. The molecule has 0 unspecified atom stereocenters. The summed E-state index contributed by atoms with van der Waals surface area (Å²) >= 11 is 0. The molecule has 4 atom stereocenters. The van der Waals surface area contributed by atoms with Crippen molar-refractivity contribution >= 4 is 13.5 Å². The maximum atomic E-state index is 3.88. The van der Waals surface area contributed by atoms with E-state index in [0.29, 0.717) is 5.41 Å². The van der Waals surface area contributed by atoms with Crippen molar-refractivity contribution in [2.45, 2.75) is 90.6 Å². The zero-order chi connectivity index (χ0) is 15.6. The van der Waals surface area contributed by atoms with E-state index in [1.165, 1.54) is 57.8 Å². The molecule has 0 spiro atoms. The Hall–Kier alpha value is 0.270. The van der Waals surface area contributed by atoms with Crippen molar-refractivity contribution in [3.63, 3.8) is 0 Å². The first-order valence-electron chi connectivity index (χ1n) is 10.1. The second-order valence-corrected chi connectivity index (χ2v) is 9.01. The van der Waals surface area contributed by atoms with Crippen LogP contribution < -0.4 is 10.6 Å². The van der Waals surface area contributed by atoms with Gasteiger partial charge in [-0.15, -0.1) is 0 Å². The Balaban J connectivity index is 0.00000192. The zero-order valence-electron chi connectivity index (χ0n) is 15.7. The Morgan fingerprint density at radius 3 is 2.09 bits per heavy atom. The third kappa shape index (κ3) is 4.46.